The van der Waals surface area contributed by atoms with Gasteiger partial charge in [0.1, 0.15) is 5.82 Å². The van der Waals surface area contributed by atoms with Gasteiger partial charge in [-0.05, 0) is 37.6 Å². The lowest BCUT2D eigenvalue weighted by atomic mass is 10.2. The number of para-hydroxylation sites is 1. The van der Waals surface area contributed by atoms with Gasteiger partial charge in [0, 0.05) is 6.20 Å². The Morgan fingerprint density at radius 2 is 2.00 bits per heavy atom. The molecule has 0 atom stereocenters. The smallest absolute Gasteiger partial charge is 0.196 e. The summed E-state index contributed by atoms with van der Waals surface area (Å²) in [5.41, 5.74) is 2.80. The first kappa shape index (κ1) is 14.6. The first-order chi connectivity index (χ1) is 10.7. The van der Waals surface area contributed by atoms with Crippen molar-refractivity contribution in [3.8, 4) is 5.69 Å². The Bertz CT molecular complexity index is 792. The Morgan fingerprint density at radius 1 is 1.18 bits per heavy atom. The van der Waals surface area contributed by atoms with Gasteiger partial charge in [0.15, 0.2) is 10.9 Å². The Balaban J connectivity index is 1.84. The Labute approximate surface area is 132 Å². The third-order valence-electron chi connectivity index (χ3n) is 3.38. The molecular weight excluding hydrogens is 296 g/mol. The molecule has 2 heterocycles. The second kappa shape index (κ2) is 6.19. The maximum atomic E-state index is 12.1. The molecule has 5 nitrogen and oxygen atoms in total. The van der Waals surface area contributed by atoms with Crippen molar-refractivity contribution in [2.75, 3.05) is 5.75 Å². The number of aromatic nitrogens is 4. The molecule has 0 aliphatic carbocycles. The van der Waals surface area contributed by atoms with Crippen LogP contribution in [0.15, 0.2) is 47.8 Å². The van der Waals surface area contributed by atoms with Crippen molar-refractivity contribution in [1.29, 1.82) is 0 Å². The predicted octanol–water partition coefficient (Wildman–Crippen LogP) is 3.19. The number of aromatic amines is 1. The molecule has 0 saturated heterocycles. The Kier molecular flexibility index (Phi) is 4.11. The summed E-state index contributed by atoms with van der Waals surface area (Å²) in [6.45, 7) is 3.96. The highest BCUT2D eigenvalue weighted by Crippen LogP contribution is 2.24. The minimum atomic E-state index is 0.0481. The molecule has 3 rings (SSSR count). The van der Waals surface area contributed by atoms with Crippen LogP contribution < -0.4 is 0 Å². The van der Waals surface area contributed by atoms with E-state index in [2.05, 4.69) is 15.2 Å². The molecule has 1 N–H and O–H groups in total. The quantitative estimate of drug-likeness (QED) is 0.580. The van der Waals surface area contributed by atoms with Crippen molar-refractivity contribution < 1.29 is 4.79 Å². The van der Waals surface area contributed by atoms with Gasteiger partial charge >= 0.3 is 0 Å². The maximum Gasteiger partial charge on any atom is 0.196 e. The highest BCUT2D eigenvalue weighted by atomic mass is 32.2. The Hall–Kier alpha value is -2.34. The van der Waals surface area contributed by atoms with Gasteiger partial charge in [-0.1, -0.05) is 30.0 Å². The molecule has 0 spiro atoms. The molecule has 0 aliphatic heterocycles. The van der Waals surface area contributed by atoms with Crippen LogP contribution in [0, 0.1) is 13.8 Å². The first-order valence-electron chi connectivity index (χ1n) is 6.94. The van der Waals surface area contributed by atoms with Crippen LogP contribution in [0.4, 0.5) is 0 Å². The number of nitrogens with one attached hydrogen (secondary N) is 1. The van der Waals surface area contributed by atoms with Gasteiger partial charge < -0.3 is 4.98 Å². The number of hydrogen-bond donors (Lipinski definition) is 1. The molecule has 3 aromatic rings. The number of thioether (sulfide) groups is 1. The van der Waals surface area contributed by atoms with Gasteiger partial charge in [0.2, 0.25) is 0 Å². The van der Waals surface area contributed by atoms with Crippen molar-refractivity contribution in [3.05, 3.63) is 59.7 Å². The van der Waals surface area contributed by atoms with Gasteiger partial charge in [-0.15, -0.1) is 10.2 Å². The zero-order valence-corrected chi connectivity index (χ0v) is 13.2. The number of carbonyl (C=O) groups is 1. The summed E-state index contributed by atoms with van der Waals surface area (Å²) in [5.74, 6) is 1.18. The number of nitrogens with zero attached hydrogens (tertiary/aromatic N) is 3. The van der Waals surface area contributed by atoms with Crippen molar-refractivity contribution in [2.24, 2.45) is 0 Å². The minimum absolute atomic E-state index is 0.0481. The van der Waals surface area contributed by atoms with E-state index >= 15 is 0 Å². The fourth-order valence-corrected chi connectivity index (χ4v) is 3.11. The standard InChI is InChI=1S/C16H16N4OS/c1-11-6-3-4-8-14(11)20-12(2)18-19-16(20)22-10-15(21)13-7-5-9-17-13/h3-9,17H,10H2,1-2H3. The molecule has 0 fully saturated rings. The third-order valence-corrected chi connectivity index (χ3v) is 4.31. The van der Waals surface area contributed by atoms with Crippen LogP contribution in [-0.4, -0.2) is 31.3 Å². The van der Waals surface area contributed by atoms with Crippen molar-refractivity contribution in [2.45, 2.75) is 19.0 Å². The van der Waals surface area contributed by atoms with E-state index in [9.17, 15) is 4.79 Å². The lowest BCUT2D eigenvalue weighted by molar-refractivity contribution is 0.101. The topological polar surface area (TPSA) is 63.6 Å². The van der Waals surface area contributed by atoms with E-state index in [1.165, 1.54) is 11.8 Å². The van der Waals surface area contributed by atoms with E-state index < -0.39 is 0 Å². The van der Waals surface area contributed by atoms with Gasteiger partial charge in [-0.25, -0.2) is 0 Å². The number of H-pyrrole nitrogens is 1. The summed E-state index contributed by atoms with van der Waals surface area (Å²) in [6, 6.07) is 11.7. The number of hydrogen-bond acceptors (Lipinski definition) is 4. The number of ketones is 1. The van der Waals surface area contributed by atoms with E-state index in [1.54, 1.807) is 12.3 Å². The van der Waals surface area contributed by atoms with Gasteiger partial charge in [0.05, 0.1) is 17.1 Å². The average Bonchev–Trinajstić information content (AvgIpc) is 3.16. The summed E-state index contributed by atoms with van der Waals surface area (Å²) >= 11 is 1.40. The van der Waals surface area contributed by atoms with E-state index in [4.69, 9.17) is 0 Å². The van der Waals surface area contributed by atoms with Crippen molar-refractivity contribution in [3.63, 3.8) is 0 Å². The first-order valence-corrected chi connectivity index (χ1v) is 7.93. The van der Waals surface area contributed by atoms with E-state index in [0.29, 0.717) is 11.4 Å². The van der Waals surface area contributed by atoms with E-state index in [0.717, 1.165) is 22.2 Å². The average molecular weight is 312 g/mol. The summed E-state index contributed by atoms with van der Waals surface area (Å²) in [5, 5.41) is 9.08. The minimum Gasteiger partial charge on any atom is -0.359 e. The number of benzene rings is 1. The fraction of sp³-hybridized carbons (Fsp3) is 0.188. The normalized spacial score (nSPS) is 10.8. The summed E-state index contributed by atoms with van der Waals surface area (Å²) in [6.07, 6.45) is 1.75. The highest BCUT2D eigenvalue weighted by Gasteiger charge is 2.15. The Morgan fingerprint density at radius 3 is 2.73 bits per heavy atom. The van der Waals surface area contributed by atoms with Crippen LogP contribution in [0.5, 0.6) is 0 Å². The van der Waals surface area contributed by atoms with Crippen LogP contribution in [-0.2, 0) is 0 Å². The van der Waals surface area contributed by atoms with E-state index in [1.807, 2.05) is 48.7 Å². The molecule has 1 aromatic carbocycles. The second-order valence-electron chi connectivity index (χ2n) is 4.95. The monoisotopic (exact) mass is 312 g/mol. The zero-order valence-electron chi connectivity index (χ0n) is 12.4. The number of aryl methyl sites for hydroxylation is 2. The van der Waals surface area contributed by atoms with Crippen molar-refractivity contribution in [1.82, 2.24) is 19.7 Å². The van der Waals surface area contributed by atoms with Gasteiger partial charge in [0.25, 0.3) is 0 Å². The highest BCUT2D eigenvalue weighted by molar-refractivity contribution is 7.99. The van der Waals surface area contributed by atoms with Gasteiger partial charge in [-0.3, -0.25) is 9.36 Å². The molecule has 0 bridgehead atoms. The predicted molar refractivity (Wildman–Crippen MR) is 86.7 cm³/mol. The zero-order chi connectivity index (χ0) is 15.5. The number of Topliss-reactive ketones (excluding diaryl/α,β-unsaturated/α-hetero) is 1. The fourth-order valence-electron chi connectivity index (χ4n) is 2.24. The lowest BCUT2D eigenvalue weighted by Gasteiger charge is -2.10. The van der Waals surface area contributed by atoms with Crippen LogP contribution in [0.1, 0.15) is 21.9 Å². The SMILES string of the molecule is Cc1ccccc1-n1c(C)nnc1SCC(=O)c1ccc[nH]1. The summed E-state index contributed by atoms with van der Waals surface area (Å²) in [4.78, 5) is 15.0. The molecule has 0 aliphatic rings. The molecule has 112 valence electrons. The molecular formula is C16H16N4OS. The van der Waals surface area contributed by atoms with Crippen molar-refractivity contribution >= 4 is 17.5 Å². The number of carbonyl (C=O) groups excluding carboxylic acids is 1. The van der Waals surface area contributed by atoms with Crippen LogP contribution in [0.25, 0.3) is 5.69 Å². The second-order valence-corrected chi connectivity index (χ2v) is 5.89. The largest absolute Gasteiger partial charge is 0.359 e. The molecule has 0 saturated carbocycles. The van der Waals surface area contributed by atoms with Crippen LogP contribution >= 0.6 is 11.8 Å². The molecule has 6 heteroatoms. The van der Waals surface area contributed by atoms with E-state index in [-0.39, 0.29) is 5.78 Å². The maximum absolute atomic E-state index is 12.1. The van der Waals surface area contributed by atoms with Crippen LogP contribution in [0.3, 0.4) is 0 Å². The molecule has 0 radical (unpaired) electrons. The van der Waals surface area contributed by atoms with Crippen LogP contribution in [0.2, 0.25) is 0 Å². The summed E-state index contributed by atoms with van der Waals surface area (Å²) in [7, 11) is 0. The lowest BCUT2D eigenvalue weighted by Crippen LogP contribution is -2.06. The summed E-state index contributed by atoms with van der Waals surface area (Å²) < 4.78 is 1.99. The van der Waals surface area contributed by atoms with Gasteiger partial charge in [-0.2, -0.15) is 0 Å². The molecule has 2 aromatic heterocycles. The number of rotatable bonds is 5. The molecule has 22 heavy (non-hydrogen) atoms. The molecule has 0 unspecified atom stereocenters. The third kappa shape index (κ3) is 2.82. The molecule has 0 amide bonds.